The summed E-state index contributed by atoms with van der Waals surface area (Å²) in [7, 11) is 0. The summed E-state index contributed by atoms with van der Waals surface area (Å²) in [4.78, 5) is 24.7. The second-order valence-electron chi connectivity index (χ2n) is 5.67. The summed E-state index contributed by atoms with van der Waals surface area (Å²) < 4.78 is 39.0. The van der Waals surface area contributed by atoms with E-state index in [2.05, 4.69) is 0 Å². The number of alkyl halides is 3. The molecule has 126 valence electrons. The van der Waals surface area contributed by atoms with E-state index in [1.165, 1.54) is 23.1 Å². The molecule has 0 saturated carbocycles. The number of amides is 1. The number of rotatable bonds is 4. The first-order valence-electron chi connectivity index (χ1n) is 7.45. The van der Waals surface area contributed by atoms with Crippen molar-refractivity contribution in [3.05, 3.63) is 35.4 Å². The number of carboxylic acids is 1. The van der Waals surface area contributed by atoms with Crippen LogP contribution >= 0.6 is 0 Å². The van der Waals surface area contributed by atoms with Crippen molar-refractivity contribution in [2.24, 2.45) is 0 Å². The van der Waals surface area contributed by atoms with Gasteiger partial charge in [-0.05, 0) is 30.9 Å². The molecule has 1 amide bonds. The standard InChI is InChI=1S/C16H18F3NO3/c17-16(18,19)13-7-2-1-5-11(13)9-14(21)20-8-4-3-6-12(20)10-15(22)23/h1-2,5,7,12H,3-4,6,8-10H2,(H,22,23). The number of halogens is 3. The largest absolute Gasteiger partial charge is 0.481 e. The van der Waals surface area contributed by atoms with Crippen molar-refractivity contribution in [1.29, 1.82) is 0 Å². The number of carboxylic acid groups (broad SMARTS) is 1. The van der Waals surface area contributed by atoms with Gasteiger partial charge < -0.3 is 10.0 Å². The monoisotopic (exact) mass is 329 g/mol. The van der Waals surface area contributed by atoms with Crippen LogP contribution in [0.5, 0.6) is 0 Å². The van der Waals surface area contributed by atoms with Gasteiger partial charge in [0.1, 0.15) is 0 Å². The van der Waals surface area contributed by atoms with Gasteiger partial charge in [0.05, 0.1) is 18.4 Å². The van der Waals surface area contributed by atoms with E-state index in [4.69, 9.17) is 5.11 Å². The van der Waals surface area contributed by atoms with E-state index in [1.54, 1.807) is 0 Å². The molecule has 23 heavy (non-hydrogen) atoms. The number of hydrogen-bond donors (Lipinski definition) is 1. The van der Waals surface area contributed by atoms with Gasteiger partial charge in [0, 0.05) is 12.6 Å². The predicted molar refractivity (Wildman–Crippen MR) is 76.8 cm³/mol. The average Bonchev–Trinajstić information content (AvgIpc) is 2.46. The Kier molecular flexibility index (Phi) is 5.28. The van der Waals surface area contributed by atoms with Crippen LogP contribution in [-0.2, 0) is 22.2 Å². The molecule has 0 radical (unpaired) electrons. The van der Waals surface area contributed by atoms with Crippen molar-refractivity contribution >= 4 is 11.9 Å². The van der Waals surface area contributed by atoms with Crippen molar-refractivity contribution in [3.8, 4) is 0 Å². The van der Waals surface area contributed by atoms with Crippen LogP contribution < -0.4 is 0 Å². The van der Waals surface area contributed by atoms with Gasteiger partial charge in [0.15, 0.2) is 0 Å². The van der Waals surface area contributed by atoms with E-state index in [0.29, 0.717) is 13.0 Å². The SMILES string of the molecule is O=C(O)CC1CCCCN1C(=O)Cc1ccccc1C(F)(F)F. The Hall–Kier alpha value is -2.05. The fourth-order valence-electron chi connectivity index (χ4n) is 2.96. The maximum Gasteiger partial charge on any atom is 0.416 e. The lowest BCUT2D eigenvalue weighted by molar-refractivity contribution is -0.141. The molecule has 1 saturated heterocycles. The van der Waals surface area contributed by atoms with Crippen LogP contribution in [0.1, 0.15) is 36.8 Å². The topological polar surface area (TPSA) is 57.6 Å². The molecule has 2 rings (SSSR count). The molecule has 0 spiro atoms. The molecule has 0 bridgehead atoms. The number of likely N-dealkylation sites (tertiary alicyclic amines) is 1. The summed E-state index contributed by atoms with van der Waals surface area (Å²) in [5.74, 6) is -1.46. The minimum absolute atomic E-state index is 0.0790. The third-order valence-corrected chi connectivity index (χ3v) is 4.02. The van der Waals surface area contributed by atoms with Crippen LogP contribution in [0.15, 0.2) is 24.3 Å². The predicted octanol–water partition coefficient (Wildman–Crippen LogP) is 3.10. The van der Waals surface area contributed by atoms with Crippen LogP contribution in [0.3, 0.4) is 0 Å². The number of hydrogen-bond acceptors (Lipinski definition) is 2. The summed E-state index contributed by atoms with van der Waals surface area (Å²) in [5, 5.41) is 8.92. The quantitative estimate of drug-likeness (QED) is 0.923. The van der Waals surface area contributed by atoms with Gasteiger partial charge in [-0.2, -0.15) is 13.2 Å². The van der Waals surface area contributed by atoms with Gasteiger partial charge in [-0.1, -0.05) is 18.2 Å². The number of piperidine rings is 1. The van der Waals surface area contributed by atoms with Crippen molar-refractivity contribution in [2.75, 3.05) is 6.54 Å². The van der Waals surface area contributed by atoms with Crippen molar-refractivity contribution in [3.63, 3.8) is 0 Å². The summed E-state index contributed by atoms with van der Waals surface area (Å²) in [5.41, 5.74) is -0.898. The van der Waals surface area contributed by atoms with E-state index in [-0.39, 0.29) is 18.4 Å². The Morgan fingerprint density at radius 1 is 1.22 bits per heavy atom. The van der Waals surface area contributed by atoms with Crippen molar-refractivity contribution in [2.45, 2.75) is 44.3 Å². The van der Waals surface area contributed by atoms with Gasteiger partial charge in [-0.15, -0.1) is 0 Å². The Labute approximate surface area is 131 Å². The summed E-state index contributed by atoms with van der Waals surface area (Å²) >= 11 is 0. The number of nitrogens with zero attached hydrogens (tertiary/aromatic N) is 1. The smallest absolute Gasteiger partial charge is 0.416 e. The maximum absolute atomic E-state index is 13.0. The lowest BCUT2D eigenvalue weighted by Crippen LogP contribution is -2.45. The third-order valence-electron chi connectivity index (χ3n) is 4.02. The third kappa shape index (κ3) is 4.46. The molecule has 4 nitrogen and oxygen atoms in total. The molecule has 1 atom stereocenters. The fraction of sp³-hybridized carbons (Fsp3) is 0.500. The molecule has 1 aromatic rings. The molecular weight excluding hydrogens is 311 g/mol. The Morgan fingerprint density at radius 2 is 1.91 bits per heavy atom. The normalized spacial score (nSPS) is 18.7. The minimum Gasteiger partial charge on any atom is -0.481 e. The lowest BCUT2D eigenvalue weighted by Gasteiger charge is -2.35. The van der Waals surface area contributed by atoms with Crippen LogP contribution in [0.4, 0.5) is 13.2 Å². The van der Waals surface area contributed by atoms with Crippen molar-refractivity contribution in [1.82, 2.24) is 4.90 Å². The molecule has 1 heterocycles. The molecular formula is C16H18F3NO3. The van der Waals surface area contributed by atoms with E-state index in [0.717, 1.165) is 18.9 Å². The first-order valence-corrected chi connectivity index (χ1v) is 7.45. The maximum atomic E-state index is 13.0. The number of carbonyl (C=O) groups is 2. The highest BCUT2D eigenvalue weighted by Crippen LogP contribution is 2.32. The lowest BCUT2D eigenvalue weighted by atomic mass is 9.97. The Bertz CT molecular complexity index is 586. The second-order valence-corrected chi connectivity index (χ2v) is 5.67. The van der Waals surface area contributed by atoms with Gasteiger partial charge in [0.2, 0.25) is 5.91 Å². The minimum atomic E-state index is -4.51. The Balaban J connectivity index is 2.16. The first-order chi connectivity index (χ1) is 10.8. The van der Waals surface area contributed by atoms with Gasteiger partial charge in [-0.25, -0.2) is 0 Å². The molecule has 0 aromatic heterocycles. The molecule has 1 fully saturated rings. The highest BCUT2D eigenvalue weighted by molar-refractivity contribution is 5.80. The number of aliphatic carboxylic acids is 1. The van der Waals surface area contributed by atoms with E-state index < -0.39 is 29.7 Å². The fourth-order valence-corrected chi connectivity index (χ4v) is 2.96. The average molecular weight is 329 g/mol. The molecule has 1 aliphatic rings. The Morgan fingerprint density at radius 3 is 2.57 bits per heavy atom. The zero-order valence-electron chi connectivity index (χ0n) is 12.5. The van der Waals surface area contributed by atoms with Crippen LogP contribution in [0.2, 0.25) is 0 Å². The summed E-state index contributed by atoms with van der Waals surface area (Å²) in [6.45, 7) is 0.394. The molecule has 1 aromatic carbocycles. The summed E-state index contributed by atoms with van der Waals surface area (Å²) in [6, 6.07) is 4.55. The van der Waals surface area contributed by atoms with Crippen LogP contribution in [0, 0.1) is 0 Å². The number of carbonyl (C=O) groups excluding carboxylic acids is 1. The van der Waals surface area contributed by atoms with E-state index in [1.807, 2.05) is 0 Å². The van der Waals surface area contributed by atoms with Gasteiger partial charge in [0.25, 0.3) is 0 Å². The zero-order valence-corrected chi connectivity index (χ0v) is 12.5. The van der Waals surface area contributed by atoms with Crippen molar-refractivity contribution < 1.29 is 27.9 Å². The first kappa shape index (κ1) is 17.3. The molecule has 7 heteroatoms. The summed E-state index contributed by atoms with van der Waals surface area (Å²) in [6.07, 6.45) is -2.93. The van der Waals surface area contributed by atoms with Gasteiger partial charge in [-0.3, -0.25) is 9.59 Å². The van der Waals surface area contributed by atoms with E-state index in [9.17, 15) is 22.8 Å². The molecule has 1 aliphatic heterocycles. The molecule has 0 aliphatic carbocycles. The van der Waals surface area contributed by atoms with Crippen LogP contribution in [-0.4, -0.2) is 34.5 Å². The highest BCUT2D eigenvalue weighted by Gasteiger charge is 2.34. The van der Waals surface area contributed by atoms with E-state index >= 15 is 0 Å². The molecule has 1 unspecified atom stereocenters. The highest BCUT2D eigenvalue weighted by atomic mass is 19.4. The number of benzene rings is 1. The zero-order chi connectivity index (χ0) is 17.0. The second kappa shape index (κ2) is 7.02. The van der Waals surface area contributed by atoms with Gasteiger partial charge >= 0.3 is 12.1 Å². The van der Waals surface area contributed by atoms with Crippen LogP contribution in [0.25, 0.3) is 0 Å². The molecule has 1 N–H and O–H groups in total.